The van der Waals surface area contributed by atoms with Gasteiger partial charge >= 0.3 is 6.18 Å². The molecule has 0 fully saturated rings. The van der Waals surface area contributed by atoms with Crippen molar-refractivity contribution in [1.82, 2.24) is 0 Å². The zero-order valence-corrected chi connectivity index (χ0v) is 11.0. The summed E-state index contributed by atoms with van der Waals surface area (Å²) in [5.41, 5.74) is -1.83. The molecule has 1 unspecified atom stereocenters. The van der Waals surface area contributed by atoms with Crippen LogP contribution in [0.3, 0.4) is 0 Å². The van der Waals surface area contributed by atoms with Crippen LogP contribution in [0.1, 0.15) is 41.0 Å². The summed E-state index contributed by atoms with van der Waals surface area (Å²) in [4.78, 5) is 0. The molecule has 0 aromatic rings. The fourth-order valence-corrected chi connectivity index (χ4v) is 1.13. The largest absolute Gasteiger partial charge is 0.591 e. The molecule has 0 rings (SSSR count). The van der Waals surface area contributed by atoms with E-state index in [-0.39, 0.29) is 6.42 Å². The lowest BCUT2D eigenvalue weighted by molar-refractivity contribution is -0.208. The predicted octanol–water partition coefficient (Wildman–Crippen LogP) is 3.50. The van der Waals surface area contributed by atoms with Gasteiger partial charge in [-0.25, -0.2) is 0 Å². The summed E-state index contributed by atoms with van der Waals surface area (Å²) in [6, 6.07) is 0. The van der Waals surface area contributed by atoms with E-state index in [0.717, 1.165) is 20.1 Å². The highest BCUT2D eigenvalue weighted by Crippen LogP contribution is 2.39. The van der Waals surface area contributed by atoms with Gasteiger partial charge in [0.15, 0.2) is 0 Å². The molecule has 0 amide bonds. The minimum absolute atomic E-state index is 0.266. The maximum Gasteiger partial charge on any atom is 0.394 e. The van der Waals surface area contributed by atoms with Gasteiger partial charge in [0.2, 0.25) is 0 Å². The van der Waals surface area contributed by atoms with Crippen molar-refractivity contribution >= 4 is 17.6 Å². The number of rotatable bonds is 3. The standard InChI is InChI=1S/C10H18F3NOS/c1-8(2,3)16(15)14-7-6-9(4,5)10(11,12)13/h7H,6H2,1-5H3/b14-7+. The molecule has 0 spiro atoms. The van der Waals surface area contributed by atoms with Gasteiger partial charge in [-0.2, -0.15) is 13.2 Å². The van der Waals surface area contributed by atoms with Gasteiger partial charge in [-0.05, 0) is 20.8 Å². The third kappa shape index (κ3) is 4.74. The summed E-state index contributed by atoms with van der Waals surface area (Å²) in [7, 11) is 0. The Balaban J connectivity index is 4.42. The molecule has 2 nitrogen and oxygen atoms in total. The highest BCUT2D eigenvalue weighted by atomic mass is 32.2. The molecule has 1 atom stereocenters. The first-order chi connectivity index (χ1) is 6.88. The minimum atomic E-state index is -4.28. The van der Waals surface area contributed by atoms with Crippen LogP contribution in [0.25, 0.3) is 0 Å². The van der Waals surface area contributed by atoms with Crippen molar-refractivity contribution in [2.45, 2.75) is 52.0 Å². The second-order valence-corrected chi connectivity index (χ2v) is 7.17. The van der Waals surface area contributed by atoms with Crippen molar-refractivity contribution < 1.29 is 17.7 Å². The number of hydrogen-bond acceptors (Lipinski definition) is 2. The van der Waals surface area contributed by atoms with E-state index >= 15 is 0 Å². The van der Waals surface area contributed by atoms with Crippen LogP contribution in [-0.4, -0.2) is 21.7 Å². The van der Waals surface area contributed by atoms with Crippen LogP contribution in [0.2, 0.25) is 0 Å². The van der Waals surface area contributed by atoms with Gasteiger partial charge in [-0.15, -0.1) is 0 Å². The van der Waals surface area contributed by atoms with Crippen molar-refractivity contribution in [1.29, 1.82) is 0 Å². The number of nitrogens with zero attached hydrogens (tertiary/aromatic N) is 1. The van der Waals surface area contributed by atoms with Crippen molar-refractivity contribution in [3.8, 4) is 0 Å². The molecule has 96 valence electrons. The Labute approximate surface area is 97.6 Å². The molecule has 0 aliphatic heterocycles. The van der Waals surface area contributed by atoms with Crippen molar-refractivity contribution in [3.05, 3.63) is 0 Å². The smallest absolute Gasteiger partial charge is 0.394 e. The van der Waals surface area contributed by atoms with E-state index in [9.17, 15) is 17.7 Å². The Morgan fingerprint density at radius 3 is 1.88 bits per heavy atom. The van der Waals surface area contributed by atoms with Crippen LogP contribution in [0, 0.1) is 5.41 Å². The lowest BCUT2D eigenvalue weighted by atomic mass is 9.89. The zero-order valence-electron chi connectivity index (χ0n) is 10.2. The fraction of sp³-hybridized carbons (Fsp3) is 0.900. The first kappa shape index (κ1) is 15.8. The highest BCUT2D eigenvalue weighted by Gasteiger charge is 2.46. The Bertz CT molecular complexity index is 256. The Kier molecular flexibility index (Phi) is 4.89. The second-order valence-electron chi connectivity index (χ2n) is 5.24. The van der Waals surface area contributed by atoms with Gasteiger partial charge in [0.25, 0.3) is 0 Å². The van der Waals surface area contributed by atoms with Gasteiger partial charge in [0, 0.05) is 6.42 Å². The van der Waals surface area contributed by atoms with Crippen LogP contribution >= 0.6 is 0 Å². The molecule has 6 heteroatoms. The maximum atomic E-state index is 12.5. The Morgan fingerprint density at radius 2 is 1.56 bits per heavy atom. The SMILES string of the molecule is CC(C)(C)[S+]([O-])/N=C/CC(C)(C)C(F)(F)F. The van der Waals surface area contributed by atoms with Gasteiger partial charge in [-0.1, -0.05) is 18.2 Å². The molecule has 0 N–H and O–H groups in total. The third-order valence-corrected chi connectivity index (χ3v) is 3.45. The predicted molar refractivity (Wildman–Crippen MR) is 60.8 cm³/mol. The summed E-state index contributed by atoms with van der Waals surface area (Å²) >= 11 is -1.50. The highest BCUT2D eigenvalue weighted by molar-refractivity contribution is 7.91. The molecule has 0 saturated carbocycles. The van der Waals surface area contributed by atoms with E-state index in [1.165, 1.54) is 0 Å². The van der Waals surface area contributed by atoms with Gasteiger partial charge in [0.05, 0.1) is 11.6 Å². The Morgan fingerprint density at radius 1 is 1.12 bits per heavy atom. The lowest BCUT2D eigenvalue weighted by Crippen LogP contribution is -2.32. The van der Waals surface area contributed by atoms with Crippen LogP contribution in [0.15, 0.2) is 4.40 Å². The number of hydrogen-bond donors (Lipinski definition) is 0. The zero-order chi connectivity index (χ0) is 13.2. The lowest BCUT2D eigenvalue weighted by Gasteiger charge is -2.25. The molecule has 16 heavy (non-hydrogen) atoms. The summed E-state index contributed by atoms with van der Waals surface area (Å²) < 4.78 is 51.9. The van der Waals surface area contributed by atoms with Crippen LogP contribution in [0.5, 0.6) is 0 Å². The molecular formula is C10H18F3NOS. The molecule has 0 aromatic carbocycles. The Hall–Kier alpha value is -0.230. The van der Waals surface area contributed by atoms with Crippen LogP contribution in [-0.2, 0) is 11.4 Å². The molecule has 0 radical (unpaired) electrons. The first-order valence-electron chi connectivity index (χ1n) is 4.89. The van der Waals surface area contributed by atoms with E-state index < -0.39 is 27.7 Å². The molecule has 0 aliphatic rings. The van der Waals surface area contributed by atoms with Gasteiger partial charge < -0.3 is 4.55 Å². The van der Waals surface area contributed by atoms with Crippen LogP contribution < -0.4 is 0 Å². The summed E-state index contributed by atoms with van der Waals surface area (Å²) in [5, 5.41) is 0. The van der Waals surface area contributed by atoms with E-state index in [1.807, 2.05) is 0 Å². The first-order valence-corrected chi connectivity index (χ1v) is 6.00. The topological polar surface area (TPSA) is 35.4 Å². The van der Waals surface area contributed by atoms with E-state index in [4.69, 9.17) is 0 Å². The van der Waals surface area contributed by atoms with Crippen molar-refractivity contribution in [2.24, 2.45) is 9.81 Å². The normalized spacial score (nSPS) is 16.8. The van der Waals surface area contributed by atoms with Crippen molar-refractivity contribution in [3.63, 3.8) is 0 Å². The van der Waals surface area contributed by atoms with Gasteiger partial charge in [0.1, 0.15) is 16.1 Å². The summed E-state index contributed by atoms with van der Waals surface area (Å²) in [5.74, 6) is 0. The van der Waals surface area contributed by atoms with E-state index in [2.05, 4.69) is 4.40 Å². The molecular weight excluding hydrogens is 239 g/mol. The third-order valence-electron chi connectivity index (χ3n) is 2.06. The van der Waals surface area contributed by atoms with E-state index in [1.54, 1.807) is 20.8 Å². The van der Waals surface area contributed by atoms with Crippen LogP contribution in [0.4, 0.5) is 13.2 Å². The molecule has 0 aromatic heterocycles. The average molecular weight is 257 g/mol. The second kappa shape index (κ2) is 4.96. The quantitative estimate of drug-likeness (QED) is 0.563. The van der Waals surface area contributed by atoms with Crippen molar-refractivity contribution in [2.75, 3.05) is 0 Å². The average Bonchev–Trinajstić information content (AvgIpc) is 1.99. The molecule has 0 aliphatic carbocycles. The maximum absolute atomic E-state index is 12.5. The fourth-order valence-electron chi connectivity index (χ4n) is 0.607. The number of alkyl halides is 3. The number of halogens is 3. The minimum Gasteiger partial charge on any atom is -0.591 e. The molecule has 0 saturated heterocycles. The monoisotopic (exact) mass is 257 g/mol. The van der Waals surface area contributed by atoms with E-state index in [0.29, 0.717) is 0 Å². The summed E-state index contributed by atoms with van der Waals surface area (Å²) in [6.07, 6.45) is -3.44. The van der Waals surface area contributed by atoms with Gasteiger partial charge in [-0.3, -0.25) is 0 Å². The molecule has 0 heterocycles. The summed E-state index contributed by atoms with van der Waals surface area (Å²) in [6.45, 7) is 7.35. The molecule has 0 bridgehead atoms.